The molecule has 1 unspecified atom stereocenters. The molecular weight excluding hydrogens is 594 g/mol. The third kappa shape index (κ3) is 7.30. The summed E-state index contributed by atoms with van der Waals surface area (Å²) in [5, 5.41) is 15.2. The number of para-hydroxylation sites is 1. The molecule has 9 heteroatoms. The van der Waals surface area contributed by atoms with Crippen LogP contribution in [0.15, 0.2) is 72.8 Å². The molecule has 2 heterocycles. The summed E-state index contributed by atoms with van der Waals surface area (Å²) in [6.07, 6.45) is 2.76. The molecule has 0 saturated carbocycles. The first-order chi connectivity index (χ1) is 22.6. The molecule has 1 aliphatic rings. The molecule has 3 aromatic carbocycles. The zero-order valence-corrected chi connectivity index (χ0v) is 27.8. The number of aromatic nitrogens is 2. The van der Waals surface area contributed by atoms with Crippen molar-refractivity contribution in [1.82, 2.24) is 14.7 Å². The highest BCUT2D eigenvalue weighted by Gasteiger charge is 2.34. The van der Waals surface area contributed by atoms with Crippen LogP contribution in [0, 0.1) is 0 Å². The largest absolute Gasteiger partial charge is 0.461 e. The molecule has 0 saturated heterocycles. The van der Waals surface area contributed by atoms with Gasteiger partial charge in [0.2, 0.25) is 0 Å². The molecule has 1 N–H and O–H groups in total. The molecule has 47 heavy (non-hydrogen) atoms. The van der Waals surface area contributed by atoms with Crippen LogP contribution in [0.4, 0.5) is 0 Å². The minimum Gasteiger partial charge on any atom is -0.461 e. The minimum absolute atomic E-state index is 0.0866. The van der Waals surface area contributed by atoms with E-state index in [0.29, 0.717) is 24.0 Å². The van der Waals surface area contributed by atoms with E-state index in [2.05, 4.69) is 6.92 Å². The molecule has 0 radical (unpaired) electrons. The van der Waals surface area contributed by atoms with Crippen LogP contribution in [-0.2, 0) is 28.9 Å². The normalized spacial score (nSPS) is 14.4. The first-order valence-electron chi connectivity index (χ1n) is 16.3. The molecule has 5 rings (SSSR count). The summed E-state index contributed by atoms with van der Waals surface area (Å²) in [6, 6.07) is 21.8. The monoisotopic (exact) mass is 637 g/mol. The Labute approximate surface area is 276 Å². The second-order valence-corrected chi connectivity index (χ2v) is 12.7. The maximum Gasteiger partial charge on any atom is 0.359 e. The molecule has 0 fully saturated rings. The van der Waals surface area contributed by atoms with Gasteiger partial charge in [0.1, 0.15) is 5.60 Å². The molecule has 246 valence electrons. The number of unbranched alkanes of at least 4 members (excludes halogenated alkanes) is 1. The zero-order valence-electron chi connectivity index (χ0n) is 27.8. The summed E-state index contributed by atoms with van der Waals surface area (Å²) < 4.78 is 12.9. The van der Waals surface area contributed by atoms with Gasteiger partial charge in [0.05, 0.1) is 36.2 Å². The zero-order chi connectivity index (χ0) is 33.7. The van der Waals surface area contributed by atoms with Gasteiger partial charge in [0.15, 0.2) is 5.69 Å². The molecule has 0 spiro atoms. The van der Waals surface area contributed by atoms with Gasteiger partial charge in [0.25, 0.3) is 5.91 Å². The van der Waals surface area contributed by atoms with Gasteiger partial charge < -0.3 is 19.5 Å². The lowest BCUT2D eigenvalue weighted by Gasteiger charge is -2.36. The third-order valence-electron chi connectivity index (χ3n) is 8.20. The van der Waals surface area contributed by atoms with E-state index < -0.39 is 23.6 Å². The molecule has 0 bridgehead atoms. The maximum atomic E-state index is 14.8. The van der Waals surface area contributed by atoms with Crippen molar-refractivity contribution in [3.8, 4) is 16.8 Å². The molecule has 1 aliphatic heterocycles. The van der Waals surface area contributed by atoms with Crippen molar-refractivity contribution in [1.29, 1.82) is 0 Å². The molecule has 0 aliphatic carbocycles. The Bertz CT molecular complexity index is 1750. The lowest BCUT2D eigenvalue weighted by atomic mass is 9.90. The molecular formula is C38H43N3O6. The van der Waals surface area contributed by atoms with Gasteiger partial charge >= 0.3 is 11.9 Å². The van der Waals surface area contributed by atoms with Crippen LogP contribution in [0.1, 0.15) is 95.5 Å². The van der Waals surface area contributed by atoms with E-state index in [1.165, 1.54) is 0 Å². The Morgan fingerprint density at radius 2 is 1.64 bits per heavy atom. The van der Waals surface area contributed by atoms with Crippen molar-refractivity contribution < 1.29 is 29.0 Å². The number of aliphatic hydroxyl groups excluding tert-OH is 1. The van der Waals surface area contributed by atoms with Gasteiger partial charge in [0, 0.05) is 17.7 Å². The maximum absolute atomic E-state index is 14.8. The highest BCUT2D eigenvalue weighted by atomic mass is 16.6. The third-order valence-corrected chi connectivity index (χ3v) is 8.20. The van der Waals surface area contributed by atoms with Gasteiger partial charge in [-0.2, -0.15) is 5.10 Å². The van der Waals surface area contributed by atoms with Crippen molar-refractivity contribution in [3.63, 3.8) is 0 Å². The van der Waals surface area contributed by atoms with E-state index >= 15 is 0 Å². The van der Waals surface area contributed by atoms with E-state index in [1.54, 1.807) is 55.5 Å². The van der Waals surface area contributed by atoms with E-state index in [1.807, 2.05) is 54.6 Å². The number of carbonyl (C=O) groups excluding carboxylic acids is 3. The number of hydrogen-bond acceptors (Lipinski definition) is 7. The van der Waals surface area contributed by atoms with E-state index in [4.69, 9.17) is 14.6 Å². The molecule has 1 atom stereocenters. The average Bonchev–Trinajstić information content (AvgIpc) is 3.45. The predicted octanol–water partition coefficient (Wildman–Crippen LogP) is 6.57. The highest BCUT2D eigenvalue weighted by Crippen LogP contribution is 2.36. The Hall–Kier alpha value is -4.76. The number of esters is 2. The van der Waals surface area contributed by atoms with Gasteiger partial charge in [-0.3, -0.25) is 4.79 Å². The number of rotatable bonds is 10. The van der Waals surface area contributed by atoms with E-state index in [0.717, 1.165) is 35.3 Å². The standard InChI is InChI=1S/C38H43N3O6/c1-6-8-18-32-33(34(37(45)46-7-2)39-41(32)28-16-10-9-11-17-28)30-20-19-26(36(44)47-38(3,4)5)22-31(30)35(43)40-23-27-15-13-12-14-25(27)21-29(40)24-42/h9-17,19-20,22,29,42H,6-8,18,21,23-24H2,1-5H3. The Morgan fingerprint density at radius 3 is 2.30 bits per heavy atom. The van der Waals surface area contributed by atoms with Crippen LogP contribution in [0.25, 0.3) is 16.8 Å². The van der Waals surface area contributed by atoms with Gasteiger partial charge in [-0.05, 0) is 87.9 Å². The highest BCUT2D eigenvalue weighted by molar-refractivity contribution is 6.07. The topological polar surface area (TPSA) is 111 Å². The first kappa shape index (κ1) is 33.6. The van der Waals surface area contributed by atoms with Crippen LogP contribution < -0.4 is 0 Å². The molecule has 9 nitrogen and oxygen atoms in total. The summed E-state index contributed by atoms with van der Waals surface area (Å²) >= 11 is 0. The quantitative estimate of drug-likeness (QED) is 0.196. The van der Waals surface area contributed by atoms with Crippen molar-refractivity contribution in [3.05, 3.63) is 106 Å². The molecule has 1 amide bonds. The second kappa shape index (κ2) is 14.3. The predicted molar refractivity (Wildman–Crippen MR) is 180 cm³/mol. The average molecular weight is 638 g/mol. The minimum atomic E-state index is -0.750. The SMILES string of the molecule is CCCCc1c(-c2ccc(C(=O)OC(C)(C)C)cc2C(=O)N2Cc3ccccc3CC2CO)c(C(=O)OCC)nn1-c1ccccc1. The van der Waals surface area contributed by atoms with Crippen LogP contribution in [0.5, 0.6) is 0 Å². The number of aliphatic hydroxyl groups is 1. The number of amides is 1. The number of benzene rings is 3. The van der Waals surface area contributed by atoms with Crippen LogP contribution in [0.3, 0.4) is 0 Å². The number of ether oxygens (including phenoxy) is 2. The Morgan fingerprint density at radius 1 is 0.936 bits per heavy atom. The van der Waals surface area contributed by atoms with Crippen molar-refractivity contribution in [2.75, 3.05) is 13.2 Å². The number of fused-ring (bicyclic) bond motifs is 1. The second-order valence-electron chi connectivity index (χ2n) is 12.7. The summed E-state index contributed by atoms with van der Waals surface area (Å²) in [6.45, 7) is 9.37. The Kier molecular flexibility index (Phi) is 10.3. The van der Waals surface area contributed by atoms with Crippen LogP contribution in [-0.4, -0.2) is 62.5 Å². The van der Waals surface area contributed by atoms with E-state index in [9.17, 15) is 19.5 Å². The lowest BCUT2D eigenvalue weighted by Crippen LogP contribution is -2.46. The van der Waals surface area contributed by atoms with Crippen LogP contribution >= 0.6 is 0 Å². The molecule has 4 aromatic rings. The summed E-state index contributed by atoms with van der Waals surface area (Å²) in [4.78, 5) is 43.3. The number of nitrogens with zero attached hydrogens (tertiary/aromatic N) is 3. The van der Waals surface area contributed by atoms with Gasteiger partial charge in [-0.1, -0.05) is 61.9 Å². The van der Waals surface area contributed by atoms with Gasteiger partial charge in [-0.15, -0.1) is 0 Å². The van der Waals surface area contributed by atoms with Crippen molar-refractivity contribution in [2.24, 2.45) is 0 Å². The Balaban J connectivity index is 1.76. The number of carbonyl (C=O) groups is 3. The van der Waals surface area contributed by atoms with Crippen LogP contribution in [0.2, 0.25) is 0 Å². The van der Waals surface area contributed by atoms with Crippen molar-refractivity contribution >= 4 is 17.8 Å². The summed E-state index contributed by atoms with van der Waals surface area (Å²) in [5.74, 6) is -1.55. The molecule has 1 aromatic heterocycles. The van der Waals surface area contributed by atoms with E-state index in [-0.39, 0.29) is 42.5 Å². The summed E-state index contributed by atoms with van der Waals surface area (Å²) in [5.41, 5.74) is 4.27. The lowest BCUT2D eigenvalue weighted by molar-refractivity contribution is 0.00692. The van der Waals surface area contributed by atoms with Gasteiger partial charge in [-0.25, -0.2) is 14.3 Å². The smallest absolute Gasteiger partial charge is 0.359 e. The fourth-order valence-electron chi connectivity index (χ4n) is 5.98. The summed E-state index contributed by atoms with van der Waals surface area (Å²) in [7, 11) is 0. The van der Waals surface area contributed by atoms with Crippen molar-refractivity contribution in [2.45, 2.75) is 78.5 Å². The fraction of sp³-hybridized carbons (Fsp3) is 0.368. The fourth-order valence-corrected chi connectivity index (χ4v) is 5.98. The number of hydrogen-bond donors (Lipinski definition) is 1. The first-order valence-corrected chi connectivity index (χ1v) is 16.3.